The second kappa shape index (κ2) is 5.70. The first-order valence-corrected chi connectivity index (χ1v) is 6.74. The summed E-state index contributed by atoms with van der Waals surface area (Å²) in [6.07, 6.45) is 6.63. The Hall–Kier alpha value is -0.530. The molecule has 1 aliphatic rings. The summed E-state index contributed by atoms with van der Waals surface area (Å²) in [5, 5.41) is 3.24. The van der Waals surface area contributed by atoms with Gasteiger partial charge in [0.25, 0.3) is 0 Å². The van der Waals surface area contributed by atoms with E-state index in [1.807, 2.05) is 0 Å². The van der Waals surface area contributed by atoms with E-state index in [-0.39, 0.29) is 5.91 Å². The third kappa shape index (κ3) is 3.80. The second-order valence-corrected chi connectivity index (χ2v) is 6.18. The topological polar surface area (TPSA) is 29.1 Å². The van der Waals surface area contributed by atoms with Crippen LogP contribution < -0.4 is 5.32 Å². The van der Waals surface area contributed by atoms with Crippen LogP contribution in [0.15, 0.2) is 0 Å². The Balaban J connectivity index is 2.57. The summed E-state index contributed by atoms with van der Waals surface area (Å²) in [5.41, 5.74) is 0.310. The van der Waals surface area contributed by atoms with Crippen molar-refractivity contribution in [1.29, 1.82) is 0 Å². The SMILES string of the molecule is CCCC(=O)NC1CCCCC1C(C)(C)C. The lowest BCUT2D eigenvalue weighted by molar-refractivity contribution is -0.122. The molecule has 2 unspecified atom stereocenters. The Kier molecular flexibility index (Phi) is 4.82. The van der Waals surface area contributed by atoms with E-state index < -0.39 is 0 Å². The highest BCUT2D eigenvalue weighted by Gasteiger charge is 2.34. The van der Waals surface area contributed by atoms with E-state index in [0.717, 1.165) is 12.8 Å². The van der Waals surface area contributed by atoms with Gasteiger partial charge in [0, 0.05) is 12.5 Å². The zero-order valence-corrected chi connectivity index (χ0v) is 11.3. The zero-order chi connectivity index (χ0) is 12.2. The Bertz CT molecular complexity index is 229. The minimum Gasteiger partial charge on any atom is -0.353 e. The van der Waals surface area contributed by atoms with Crippen molar-refractivity contribution in [2.24, 2.45) is 11.3 Å². The minimum absolute atomic E-state index is 0.239. The number of nitrogens with one attached hydrogen (secondary N) is 1. The van der Waals surface area contributed by atoms with Crippen LogP contribution in [0.2, 0.25) is 0 Å². The fourth-order valence-electron chi connectivity index (χ4n) is 2.85. The van der Waals surface area contributed by atoms with Crippen LogP contribution in [0.4, 0.5) is 0 Å². The van der Waals surface area contributed by atoms with Gasteiger partial charge in [-0.15, -0.1) is 0 Å². The molecule has 2 atom stereocenters. The molecule has 2 heteroatoms. The number of hydrogen-bond donors (Lipinski definition) is 1. The van der Waals surface area contributed by atoms with Crippen molar-refractivity contribution >= 4 is 5.91 Å². The van der Waals surface area contributed by atoms with Gasteiger partial charge in [0.2, 0.25) is 5.91 Å². The van der Waals surface area contributed by atoms with E-state index in [1.165, 1.54) is 19.3 Å². The predicted octanol–water partition coefficient (Wildman–Crippen LogP) is 3.51. The summed E-state index contributed by atoms with van der Waals surface area (Å²) in [7, 11) is 0. The molecule has 2 nitrogen and oxygen atoms in total. The molecule has 1 N–H and O–H groups in total. The predicted molar refractivity (Wildman–Crippen MR) is 68.3 cm³/mol. The number of hydrogen-bond acceptors (Lipinski definition) is 1. The van der Waals surface area contributed by atoms with E-state index in [2.05, 4.69) is 33.0 Å². The van der Waals surface area contributed by atoms with E-state index >= 15 is 0 Å². The van der Waals surface area contributed by atoms with Gasteiger partial charge in [-0.25, -0.2) is 0 Å². The van der Waals surface area contributed by atoms with Crippen molar-refractivity contribution in [3.8, 4) is 0 Å². The van der Waals surface area contributed by atoms with Gasteiger partial charge < -0.3 is 5.32 Å². The molecule has 1 amide bonds. The maximum Gasteiger partial charge on any atom is 0.220 e. The molecule has 0 heterocycles. The summed E-state index contributed by atoms with van der Waals surface area (Å²) in [6.45, 7) is 8.94. The summed E-state index contributed by atoms with van der Waals surface area (Å²) in [4.78, 5) is 11.7. The Morgan fingerprint density at radius 2 is 1.88 bits per heavy atom. The first kappa shape index (κ1) is 13.5. The standard InChI is InChI=1S/C14H27NO/c1-5-8-13(16)15-12-10-7-6-9-11(12)14(2,3)4/h11-12H,5-10H2,1-4H3,(H,15,16). The van der Waals surface area contributed by atoms with Crippen LogP contribution in [0.3, 0.4) is 0 Å². The van der Waals surface area contributed by atoms with Crippen molar-refractivity contribution in [3.05, 3.63) is 0 Å². The molecule has 0 saturated heterocycles. The maximum atomic E-state index is 11.7. The molecule has 1 saturated carbocycles. The summed E-state index contributed by atoms with van der Waals surface area (Å²) in [5.74, 6) is 0.880. The third-order valence-corrected chi connectivity index (χ3v) is 3.70. The zero-order valence-electron chi connectivity index (χ0n) is 11.3. The molecular formula is C14H27NO. The normalized spacial score (nSPS) is 26.5. The first-order chi connectivity index (χ1) is 7.45. The molecule has 16 heavy (non-hydrogen) atoms. The van der Waals surface area contributed by atoms with E-state index in [1.54, 1.807) is 0 Å². The molecule has 0 aromatic carbocycles. The van der Waals surface area contributed by atoms with E-state index in [0.29, 0.717) is 23.8 Å². The molecule has 0 aromatic rings. The Morgan fingerprint density at radius 3 is 2.44 bits per heavy atom. The average molecular weight is 225 g/mol. The van der Waals surface area contributed by atoms with Gasteiger partial charge >= 0.3 is 0 Å². The monoisotopic (exact) mass is 225 g/mol. The summed E-state index contributed by atoms with van der Waals surface area (Å²) < 4.78 is 0. The molecule has 0 spiro atoms. The fraction of sp³-hybridized carbons (Fsp3) is 0.929. The number of amides is 1. The smallest absolute Gasteiger partial charge is 0.220 e. The van der Waals surface area contributed by atoms with Gasteiger partial charge in [-0.3, -0.25) is 4.79 Å². The molecule has 0 bridgehead atoms. The van der Waals surface area contributed by atoms with Gasteiger partial charge in [0.1, 0.15) is 0 Å². The molecule has 0 radical (unpaired) electrons. The lowest BCUT2D eigenvalue weighted by atomic mass is 9.69. The second-order valence-electron chi connectivity index (χ2n) is 6.18. The maximum absolute atomic E-state index is 11.7. The van der Waals surface area contributed by atoms with Crippen molar-refractivity contribution in [1.82, 2.24) is 5.32 Å². The average Bonchev–Trinajstić information content (AvgIpc) is 2.17. The van der Waals surface area contributed by atoms with Gasteiger partial charge in [-0.05, 0) is 30.6 Å². The number of rotatable bonds is 3. The highest BCUT2D eigenvalue weighted by Crippen LogP contribution is 2.37. The van der Waals surface area contributed by atoms with Crippen molar-refractivity contribution < 1.29 is 4.79 Å². The molecule has 1 aliphatic carbocycles. The van der Waals surface area contributed by atoms with Crippen molar-refractivity contribution in [3.63, 3.8) is 0 Å². The lowest BCUT2D eigenvalue weighted by Crippen LogP contribution is -2.46. The van der Waals surface area contributed by atoms with Gasteiger partial charge in [0.05, 0.1) is 0 Å². The van der Waals surface area contributed by atoms with E-state index in [4.69, 9.17) is 0 Å². The molecule has 94 valence electrons. The van der Waals surface area contributed by atoms with Crippen molar-refractivity contribution in [2.45, 2.75) is 72.3 Å². The van der Waals surface area contributed by atoms with Crippen LogP contribution >= 0.6 is 0 Å². The highest BCUT2D eigenvalue weighted by molar-refractivity contribution is 5.76. The molecular weight excluding hydrogens is 198 g/mol. The van der Waals surface area contributed by atoms with Crippen LogP contribution in [-0.2, 0) is 4.79 Å². The van der Waals surface area contributed by atoms with Gasteiger partial charge in [0.15, 0.2) is 0 Å². The molecule has 0 aromatic heterocycles. The van der Waals surface area contributed by atoms with Crippen LogP contribution in [0, 0.1) is 11.3 Å². The molecule has 1 rings (SSSR count). The number of carbonyl (C=O) groups excluding carboxylic acids is 1. The largest absolute Gasteiger partial charge is 0.353 e. The summed E-state index contributed by atoms with van der Waals surface area (Å²) >= 11 is 0. The minimum atomic E-state index is 0.239. The van der Waals surface area contributed by atoms with Crippen LogP contribution in [-0.4, -0.2) is 11.9 Å². The molecule has 0 aliphatic heterocycles. The number of carbonyl (C=O) groups is 1. The Labute approximate surface area is 100 Å². The quantitative estimate of drug-likeness (QED) is 0.782. The van der Waals surface area contributed by atoms with Crippen LogP contribution in [0.1, 0.15) is 66.2 Å². The highest BCUT2D eigenvalue weighted by atomic mass is 16.1. The van der Waals surface area contributed by atoms with Gasteiger partial charge in [-0.1, -0.05) is 40.5 Å². The van der Waals surface area contributed by atoms with Crippen molar-refractivity contribution in [2.75, 3.05) is 0 Å². The van der Waals surface area contributed by atoms with Crippen LogP contribution in [0.5, 0.6) is 0 Å². The van der Waals surface area contributed by atoms with Gasteiger partial charge in [-0.2, -0.15) is 0 Å². The first-order valence-electron chi connectivity index (χ1n) is 6.74. The Morgan fingerprint density at radius 1 is 1.25 bits per heavy atom. The fourth-order valence-corrected chi connectivity index (χ4v) is 2.85. The summed E-state index contributed by atoms with van der Waals surface area (Å²) in [6, 6.07) is 0.410. The third-order valence-electron chi connectivity index (χ3n) is 3.70. The lowest BCUT2D eigenvalue weighted by Gasteiger charge is -2.40. The van der Waals surface area contributed by atoms with Crippen LogP contribution in [0.25, 0.3) is 0 Å². The molecule has 1 fully saturated rings. The van der Waals surface area contributed by atoms with E-state index in [9.17, 15) is 4.79 Å².